The van der Waals surface area contributed by atoms with E-state index in [-0.39, 0.29) is 22.4 Å². The number of hydrogen-bond donors (Lipinski definition) is 0. The van der Waals surface area contributed by atoms with Crippen molar-refractivity contribution in [2.75, 3.05) is 6.16 Å². The van der Waals surface area contributed by atoms with Gasteiger partial charge in [-0.25, -0.2) is 0 Å². The van der Waals surface area contributed by atoms with Crippen LogP contribution >= 0.6 is 19.2 Å². The van der Waals surface area contributed by atoms with Gasteiger partial charge in [0.25, 0.3) is 0 Å². The molecule has 0 N–H and O–H groups in total. The van der Waals surface area contributed by atoms with Crippen molar-refractivity contribution >= 4 is 19.2 Å². The second-order valence-corrected chi connectivity index (χ2v) is 2.35. The van der Waals surface area contributed by atoms with Crippen LogP contribution in [0.1, 0.15) is 0 Å². The molecule has 8 heavy (non-hydrogen) atoms. The van der Waals surface area contributed by atoms with Crippen LogP contribution in [0, 0.1) is 0 Å². The average molecular weight is 347 g/mol. The molecular formula is C2H3AuClF3P. The predicted molar refractivity (Wildman–Crippen MR) is 25.1 cm³/mol. The fourth-order valence-electron chi connectivity index (χ4n) is 0.0758. The van der Waals surface area contributed by atoms with Crippen LogP contribution in [0.15, 0.2) is 0 Å². The van der Waals surface area contributed by atoms with E-state index in [1.165, 1.54) is 0 Å². The summed E-state index contributed by atoms with van der Waals surface area (Å²) in [6.07, 6.45) is -4.94. The third kappa shape index (κ3) is 10.3. The van der Waals surface area contributed by atoms with E-state index in [4.69, 9.17) is 11.2 Å². The summed E-state index contributed by atoms with van der Waals surface area (Å²) >= 11 is 4.79. The molecule has 1 unspecified atom stereocenters. The maximum atomic E-state index is 11.0. The van der Waals surface area contributed by atoms with E-state index in [1.54, 1.807) is 0 Å². The van der Waals surface area contributed by atoms with Crippen molar-refractivity contribution in [1.29, 1.82) is 0 Å². The van der Waals surface area contributed by atoms with Gasteiger partial charge in [0, 0.05) is 22.4 Å². The molecule has 0 saturated carbocycles. The summed E-state index contributed by atoms with van der Waals surface area (Å²) in [7, 11) is -0.544. The maximum Gasteiger partial charge on any atom is 0.393 e. The first kappa shape index (κ1) is 12.0. The quantitative estimate of drug-likeness (QED) is 0.505. The maximum absolute atomic E-state index is 11.0. The van der Waals surface area contributed by atoms with E-state index >= 15 is 0 Å². The summed E-state index contributed by atoms with van der Waals surface area (Å²) in [5.74, 6) is 0. The Labute approximate surface area is 67.2 Å². The summed E-state index contributed by atoms with van der Waals surface area (Å²) in [5, 5.41) is 0. The molecule has 0 aromatic heterocycles. The molecule has 0 aliphatic rings. The van der Waals surface area contributed by atoms with Gasteiger partial charge in [0.05, 0.1) is 6.16 Å². The fraction of sp³-hybridized carbons (Fsp3) is 1.00. The van der Waals surface area contributed by atoms with E-state index in [0.717, 1.165) is 0 Å². The number of halogens is 4. The first-order chi connectivity index (χ1) is 3.06. The van der Waals surface area contributed by atoms with Crippen molar-refractivity contribution in [2.45, 2.75) is 6.18 Å². The van der Waals surface area contributed by atoms with Crippen molar-refractivity contribution in [2.24, 2.45) is 0 Å². The minimum atomic E-state index is -4.07. The normalized spacial score (nSPS) is 12.0. The van der Waals surface area contributed by atoms with Gasteiger partial charge >= 0.3 is 6.18 Å². The van der Waals surface area contributed by atoms with Gasteiger partial charge in [0.15, 0.2) is 0 Å². The van der Waals surface area contributed by atoms with Crippen LogP contribution in [0.5, 0.6) is 0 Å². The molecule has 1 radical (unpaired) electrons. The van der Waals surface area contributed by atoms with Gasteiger partial charge in [-0.15, -0.1) is 0 Å². The Morgan fingerprint density at radius 2 is 1.75 bits per heavy atom. The van der Waals surface area contributed by atoms with E-state index in [9.17, 15) is 13.2 Å². The van der Waals surface area contributed by atoms with Crippen molar-refractivity contribution in [3.63, 3.8) is 0 Å². The fourth-order valence-corrected chi connectivity index (χ4v) is 0.682. The Hall–Kier alpha value is 1.25. The van der Waals surface area contributed by atoms with E-state index in [0.29, 0.717) is 0 Å². The molecule has 0 aliphatic carbocycles. The smallest absolute Gasteiger partial charge is 0.171 e. The van der Waals surface area contributed by atoms with E-state index in [2.05, 4.69) is 0 Å². The molecule has 0 nitrogen and oxygen atoms in total. The van der Waals surface area contributed by atoms with Gasteiger partial charge in [-0.1, -0.05) is 11.2 Å². The largest absolute Gasteiger partial charge is 0.393 e. The van der Waals surface area contributed by atoms with Crippen LogP contribution < -0.4 is 0 Å². The number of rotatable bonds is 1. The summed E-state index contributed by atoms with van der Waals surface area (Å²) in [4.78, 5) is 0. The summed E-state index contributed by atoms with van der Waals surface area (Å²) in [6, 6.07) is 0. The SMILES string of the molecule is FC(F)(F)CPCl.[Au]. The molecule has 0 heterocycles. The van der Waals surface area contributed by atoms with Crippen LogP contribution in [-0.4, -0.2) is 12.3 Å². The molecule has 0 spiro atoms. The van der Waals surface area contributed by atoms with Crippen molar-refractivity contribution in [3.05, 3.63) is 0 Å². The minimum absolute atomic E-state index is 0. The number of hydrogen-bond acceptors (Lipinski definition) is 0. The third-order valence-electron chi connectivity index (χ3n) is 0.267. The molecule has 0 bridgehead atoms. The molecule has 0 amide bonds. The Balaban J connectivity index is 0. The molecule has 0 saturated heterocycles. The summed E-state index contributed by atoms with van der Waals surface area (Å²) < 4.78 is 32.9. The molecule has 6 heteroatoms. The van der Waals surface area contributed by atoms with Gasteiger partial charge < -0.3 is 0 Å². The number of alkyl halides is 3. The van der Waals surface area contributed by atoms with Gasteiger partial charge in [-0.2, -0.15) is 13.2 Å². The van der Waals surface area contributed by atoms with Crippen LogP contribution in [0.2, 0.25) is 0 Å². The van der Waals surface area contributed by atoms with Gasteiger partial charge in [-0.3, -0.25) is 0 Å². The van der Waals surface area contributed by atoms with Crippen LogP contribution in [0.4, 0.5) is 13.2 Å². The average Bonchev–Trinajstić information content (AvgIpc) is 1.30. The zero-order valence-corrected chi connectivity index (χ0v) is 7.44. The topological polar surface area (TPSA) is 0 Å². The second kappa shape index (κ2) is 5.07. The van der Waals surface area contributed by atoms with Crippen LogP contribution in [-0.2, 0) is 22.4 Å². The Bertz CT molecular complexity index is 55.7. The Morgan fingerprint density at radius 1 is 1.38 bits per heavy atom. The molecule has 0 aliphatic heterocycles. The van der Waals surface area contributed by atoms with Gasteiger partial charge in [0.2, 0.25) is 0 Å². The third-order valence-corrected chi connectivity index (χ3v) is 1.20. The van der Waals surface area contributed by atoms with Crippen molar-refractivity contribution < 1.29 is 35.6 Å². The first-order valence-corrected chi connectivity index (χ1v) is 3.68. The zero-order valence-electron chi connectivity index (χ0n) is 3.52. The van der Waals surface area contributed by atoms with Crippen LogP contribution in [0.25, 0.3) is 0 Å². The first-order valence-electron chi connectivity index (χ1n) is 1.46. The molecular weight excluding hydrogens is 344 g/mol. The van der Waals surface area contributed by atoms with Gasteiger partial charge in [0.1, 0.15) is 0 Å². The van der Waals surface area contributed by atoms with Crippen molar-refractivity contribution in [1.82, 2.24) is 0 Å². The molecule has 55 valence electrons. The predicted octanol–water partition coefficient (Wildman–Crippen LogP) is 2.38. The molecule has 0 fully saturated rings. The monoisotopic (exact) mass is 347 g/mol. The Kier molecular flexibility index (Phi) is 7.59. The van der Waals surface area contributed by atoms with E-state index in [1.807, 2.05) is 0 Å². The minimum Gasteiger partial charge on any atom is -0.171 e. The van der Waals surface area contributed by atoms with Crippen LogP contribution in [0.3, 0.4) is 0 Å². The molecule has 1 atom stereocenters. The zero-order chi connectivity index (χ0) is 5.91. The van der Waals surface area contributed by atoms with E-state index < -0.39 is 20.3 Å². The second-order valence-electron chi connectivity index (χ2n) is 0.926. The van der Waals surface area contributed by atoms with Crippen molar-refractivity contribution in [3.8, 4) is 0 Å². The molecule has 0 rings (SSSR count). The van der Waals surface area contributed by atoms with Gasteiger partial charge in [-0.05, 0) is 7.93 Å². The standard InChI is InChI=1S/C2H3ClF3P.Au/c3-7-1-2(4,5)6;/h7H,1H2;. The summed E-state index contributed by atoms with van der Waals surface area (Å²) in [5.41, 5.74) is 0. The molecule has 0 aromatic rings. The Morgan fingerprint density at radius 3 is 1.75 bits per heavy atom. The molecule has 0 aromatic carbocycles. The summed E-state index contributed by atoms with van der Waals surface area (Å²) in [6.45, 7) is 0.